The van der Waals surface area contributed by atoms with Crippen molar-refractivity contribution in [2.45, 2.75) is 6.61 Å². The van der Waals surface area contributed by atoms with Crippen LogP contribution in [0.2, 0.25) is 5.02 Å². The number of nitrogens with one attached hydrogen (secondary N) is 1. The first-order valence-electron chi connectivity index (χ1n) is 6.70. The van der Waals surface area contributed by atoms with E-state index in [0.717, 1.165) is 12.1 Å². The highest BCUT2D eigenvalue weighted by atomic mass is 35.5. The van der Waals surface area contributed by atoms with Gasteiger partial charge in [0.05, 0.1) is 12.0 Å². The summed E-state index contributed by atoms with van der Waals surface area (Å²) in [6.45, 7) is -3.04. The summed E-state index contributed by atoms with van der Waals surface area (Å²) in [5, 5.41) is 13.2. The highest BCUT2D eigenvalue weighted by Gasteiger charge is 2.17. The Labute approximate surface area is 145 Å². The fourth-order valence-corrected chi connectivity index (χ4v) is 2.12. The molecule has 25 heavy (non-hydrogen) atoms. The fraction of sp³-hybridized carbons (Fsp3) is 0.133. The Morgan fingerprint density at radius 1 is 1.24 bits per heavy atom. The molecule has 0 spiro atoms. The average Bonchev–Trinajstić information content (AvgIpc) is 2.56. The van der Waals surface area contributed by atoms with E-state index < -0.39 is 17.4 Å². The largest absolute Gasteiger partial charge is 0.493 e. The van der Waals surface area contributed by atoms with E-state index in [1.165, 1.54) is 31.4 Å². The number of carbonyl (C=O) groups excluding carboxylic acids is 1. The van der Waals surface area contributed by atoms with Crippen molar-refractivity contribution in [3.63, 3.8) is 0 Å². The van der Waals surface area contributed by atoms with Crippen molar-refractivity contribution < 1.29 is 28.0 Å². The van der Waals surface area contributed by atoms with Gasteiger partial charge in [-0.2, -0.15) is 8.78 Å². The number of benzene rings is 2. The summed E-state index contributed by atoms with van der Waals surface area (Å²) in [5.74, 6) is -0.912. The van der Waals surface area contributed by atoms with E-state index in [0.29, 0.717) is 0 Å². The third-order valence-electron chi connectivity index (χ3n) is 3.04. The summed E-state index contributed by atoms with van der Waals surface area (Å²) in [5.41, 5.74) is -0.137. The Hall–Kier alpha value is -2.94. The zero-order valence-corrected chi connectivity index (χ0v) is 13.4. The number of hydrogen-bond acceptors (Lipinski definition) is 5. The molecule has 10 heteroatoms. The number of ether oxygens (including phenoxy) is 2. The average molecular weight is 373 g/mol. The van der Waals surface area contributed by atoms with Gasteiger partial charge in [0.1, 0.15) is 5.02 Å². The second kappa shape index (κ2) is 7.75. The van der Waals surface area contributed by atoms with Crippen molar-refractivity contribution >= 4 is 28.9 Å². The van der Waals surface area contributed by atoms with Crippen LogP contribution in [0, 0.1) is 10.1 Å². The summed E-state index contributed by atoms with van der Waals surface area (Å²) in [6.07, 6.45) is 0. The first kappa shape index (κ1) is 18.4. The molecule has 0 fully saturated rings. The predicted molar refractivity (Wildman–Crippen MR) is 85.7 cm³/mol. The second-order valence-corrected chi connectivity index (χ2v) is 5.03. The van der Waals surface area contributed by atoms with Gasteiger partial charge in [0, 0.05) is 17.3 Å². The summed E-state index contributed by atoms with van der Waals surface area (Å²) in [7, 11) is 1.23. The molecule has 0 radical (unpaired) electrons. The molecule has 0 aromatic heterocycles. The molecule has 0 bridgehead atoms. The van der Waals surface area contributed by atoms with Gasteiger partial charge < -0.3 is 14.8 Å². The molecule has 1 amide bonds. The Balaban J connectivity index is 2.24. The van der Waals surface area contributed by atoms with Gasteiger partial charge in [-0.25, -0.2) is 0 Å². The monoisotopic (exact) mass is 372 g/mol. The number of amides is 1. The van der Waals surface area contributed by atoms with Crippen molar-refractivity contribution in [1.82, 2.24) is 0 Å². The number of nitro groups is 1. The van der Waals surface area contributed by atoms with Crippen LogP contribution in [-0.4, -0.2) is 24.6 Å². The minimum atomic E-state index is -3.04. The molecule has 7 nitrogen and oxygen atoms in total. The summed E-state index contributed by atoms with van der Waals surface area (Å²) in [4.78, 5) is 22.4. The number of rotatable bonds is 6. The number of nitrogens with zero attached hydrogens (tertiary/aromatic N) is 1. The number of nitro benzene ring substituents is 1. The molecule has 0 heterocycles. The predicted octanol–water partition coefficient (Wildman–Crippen LogP) is 4.11. The van der Waals surface area contributed by atoms with E-state index in [9.17, 15) is 23.7 Å². The minimum absolute atomic E-state index is 0.0602. The normalized spacial score (nSPS) is 10.4. The molecule has 0 atom stereocenters. The zero-order valence-electron chi connectivity index (χ0n) is 12.7. The topological polar surface area (TPSA) is 90.7 Å². The molecule has 0 aliphatic heterocycles. The molecule has 0 saturated carbocycles. The van der Waals surface area contributed by atoms with Gasteiger partial charge in [-0.3, -0.25) is 14.9 Å². The van der Waals surface area contributed by atoms with Crippen molar-refractivity contribution in [1.29, 1.82) is 0 Å². The third-order valence-corrected chi connectivity index (χ3v) is 3.36. The van der Waals surface area contributed by atoms with Crippen LogP contribution in [0.5, 0.6) is 11.5 Å². The Kier molecular flexibility index (Phi) is 5.71. The number of methoxy groups -OCH3 is 1. The van der Waals surface area contributed by atoms with Crippen LogP contribution < -0.4 is 14.8 Å². The quantitative estimate of drug-likeness (QED) is 0.608. The molecule has 0 saturated heterocycles. The molecule has 2 aromatic rings. The maximum atomic E-state index is 12.3. The fourth-order valence-electron chi connectivity index (χ4n) is 1.94. The summed E-state index contributed by atoms with van der Waals surface area (Å²) in [6, 6.07) is 7.38. The van der Waals surface area contributed by atoms with Gasteiger partial charge in [-0.05, 0) is 30.3 Å². The van der Waals surface area contributed by atoms with Crippen molar-refractivity contribution in [3.8, 4) is 11.5 Å². The third kappa shape index (κ3) is 4.54. The minimum Gasteiger partial charge on any atom is -0.493 e. The maximum absolute atomic E-state index is 12.3. The summed E-state index contributed by atoms with van der Waals surface area (Å²) < 4.78 is 33.8. The molecular weight excluding hydrogens is 362 g/mol. The van der Waals surface area contributed by atoms with E-state index >= 15 is 0 Å². The van der Waals surface area contributed by atoms with E-state index in [4.69, 9.17) is 16.3 Å². The van der Waals surface area contributed by atoms with E-state index in [1.807, 2.05) is 0 Å². The number of hydrogen-bond donors (Lipinski definition) is 1. The van der Waals surface area contributed by atoms with Crippen LogP contribution >= 0.6 is 11.6 Å². The smallest absolute Gasteiger partial charge is 0.387 e. The Bertz CT molecular complexity index is 817. The van der Waals surface area contributed by atoms with Crippen LogP contribution in [0.15, 0.2) is 36.4 Å². The number of anilines is 1. The molecule has 132 valence electrons. The lowest BCUT2D eigenvalue weighted by molar-refractivity contribution is -0.384. The molecule has 2 rings (SSSR count). The van der Waals surface area contributed by atoms with Crippen LogP contribution in [0.1, 0.15) is 10.4 Å². The van der Waals surface area contributed by atoms with Gasteiger partial charge in [0.25, 0.3) is 11.6 Å². The van der Waals surface area contributed by atoms with Gasteiger partial charge in [-0.15, -0.1) is 0 Å². The zero-order chi connectivity index (χ0) is 18.6. The van der Waals surface area contributed by atoms with E-state index in [2.05, 4.69) is 10.1 Å². The van der Waals surface area contributed by atoms with Crippen LogP contribution in [0.3, 0.4) is 0 Å². The number of alkyl halides is 2. The lowest BCUT2D eigenvalue weighted by atomic mass is 10.1. The van der Waals surface area contributed by atoms with Gasteiger partial charge in [0.15, 0.2) is 11.5 Å². The first-order chi connectivity index (χ1) is 11.8. The molecule has 0 unspecified atom stereocenters. The molecule has 1 N–H and O–H groups in total. The van der Waals surface area contributed by atoms with Crippen LogP contribution in [0.4, 0.5) is 20.2 Å². The number of halogens is 3. The Morgan fingerprint density at radius 2 is 1.96 bits per heavy atom. The summed E-state index contributed by atoms with van der Waals surface area (Å²) >= 11 is 5.70. The highest BCUT2D eigenvalue weighted by Crippen LogP contribution is 2.31. The molecular formula is C15H11ClF2N2O5. The molecule has 0 aliphatic rings. The lowest BCUT2D eigenvalue weighted by Crippen LogP contribution is -2.12. The second-order valence-electron chi connectivity index (χ2n) is 4.62. The SMILES string of the molecule is COc1cc(C(=O)Nc2ccc(Cl)c([N+](=O)[O-])c2)ccc1OC(F)F. The lowest BCUT2D eigenvalue weighted by Gasteiger charge is -2.11. The molecule has 2 aromatic carbocycles. The Morgan fingerprint density at radius 3 is 2.56 bits per heavy atom. The van der Waals surface area contributed by atoms with Gasteiger partial charge >= 0.3 is 6.61 Å². The highest BCUT2D eigenvalue weighted by molar-refractivity contribution is 6.32. The maximum Gasteiger partial charge on any atom is 0.387 e. The van der Waals surface area contributed by atoms with Gasteiger partial charge in [0.2, 0.25) is 0 Å². The van der Waals surface area contributed by atoms with Crippen LogP contribution in [0.25, 0.3) is 0 Å². The van der Waals surface area contributed by atoms with Crippen molar-refractivity contribution in [3.05, 3.63) is 57.1 Å². The van der Waals surface area contributed by atoms with Crippen LogP contribution in [-0.2, 0) is 0 Å². The molecule has 0 aliphatic carbocycles. The number of carbonyl (C=O) groups is 1. The van der Waals surface area contributed by atoms with E-state index in [-0.39, 0.29) is 33.5 Å². The van der Waals surface area contributed by atoms with Gasteiger partial charge in [-0.1, -0.05) is 11.6 Å². The first-order valence-corrected chi connectivity index (χ1v) is 7.07. The van der Waals surface area contributed by atoms with E-state index in [1.54, 1.807) is 0 Å². The van der Waals surface area contributed by atoms with Crippen molar-refractivity contribution in [2.24, 2.45) is 0 Å². The standard InChI is InChI=1S/C15H11ClF2N2O5/c1-24-13-6-8(2-5-12(13)25-15(17)18)14(21)19-9-3-4-10(16)11(7-9)20(22)23/h2-7,15H,1H3,(H,19,21). The van der Waals surface area contributed by atoms with Crippen molar-refractivity contribution in [2.75, 3.05) is 12.4 Å².